The second-order valence-corrected chi connectivity index (χ2v) is 3.80. The van der Waals surface area contributed by atoms with Gasteiger partial charge in [-0.2, -0.15) is 0 Å². The molecule has 6 heteroatoms. The number of hydrogen-bond acceptors (Lipinski definition) is 5. The third kappa shape index (κ3) is 2.16. The van der Waals surface area contributed by atoms with E-state index in [1.54, 1.807) is 25.2 Å². The zero-order chi connectivity index (χ0) is 12.4. The topological polar surface area (TPSA) is 71.3 Å². The smallest absolute Gasteiger partial charge is 0.312 e. The van der Waals surface area contributed by atoms with Crippen LogP contribution in [0, 0.1) is 10.1 Å². The first-order valence-corrected chi connectivity index (χ1v) is 5.05. The van der Waals surface area contributed by atoms with Crippen molar-refractivity contribution in [1.82, 2.24) is 9.99 Å². The minimum absolute atomic E-state index is 0.0302. The van der Waals surface area contributed by atoms with E-state index in [0.29, 0.717) is 5.69 Å². The van der Waals surface area contributed by atoms with Crippen LogP contribution in [0.3, 0.4) is 0 Å². The number of benzene rings is 1. The fraction of sp³-hybridized carbons (Fsp3) is 0.182. The molecule has 0 saturated heterocycles. The van der Waals surface area contributed by atoms with Crippen molar-refractivity contribution < 1.29 is 4.92 Å². The number of hydrazine groups is 1. The van der Waals surface area contributed by atoms with Gasteiger partial charge in [0.05, 0.1) is 10.4 Å². The first-order chi connectivity index (χ1) is 8.09. The van der Waals surface area contributed by atoms with Gasteiger partial charge >= 0.3 is 5.69 Å². The van der Waals surface area contributed by atoms with Crippen LogP contribution in [0.4, 0.5) is 11.4 Å². The lowest BCUT2D eigenvalue weighted by Crippen LogP contribution is -2.20. The predicted molar refractivity (Wildman–Crippen MR) is 65.7 cm³/mol. The van der Waals surface area contributed by atoms with Crippen LogP contribution >= 0.6 is 0 Å². The zero-order valence-electron chi connectivity index (χ0n) is 9.54. The summed E-state index contributed by atoms with van der Waals surface area (Å²) in [5.41, 5.74) is 4.11. The van der Waals surface area contributed by atoms with Crippen LogP contribution in [0.2, 0.25) is 0 Å². The number of fused-ring (bicyclic) bond motifs is 1. The number of hydrogen-bond donors (Lipinski definition) is 1. The van der Waals surface area contributed by atoms with Crippen LogP contribution in [0.5, 0.6) is 0 Å². The van der Waals surface area contributed by atoms with Gasteiger partial charge in [0.1, 0.15) is 11.9 Å². The molecule has 1 aromatic carbocycles. The van der Waals surface area contributed by atoms with E-state index in [4.69, 9.17) is 0 Å². The molecule has 2 aromatic rings. The molecule has 0 radical (unpaired) electrons. The van der Waals surface area contributed by atoms with Gasteiger partial charge in [0.15, 0.2) is 0 Å². The first-order valence-electron chi connectivity index (χ1n) is 5.05. The molecule has 0 aliphatic carbocycles. The van der Waals surface area contributed by atoms with Crippen LogP contribution in [-0.2, 0) is 0 Å². The molecule has 1 heterocycles. The Kier molecular flexibility index (Phi) is 2.88. The maximum atomic E-state index is 11.0. The average molecular weight is 232 g/mol. The van der Waals surface area contributed by atoms with Crippen molar-refractivity contribution >= 4 is 22.3 Å². The van der Waals surface area contributed by atoms with Crippen molar-refractivity contribution in [3.63, 3.8) is 0 Å². The summed E-state index contributed by atoms with van der Waals surface area (Å²) in [5.74, 6) is 0. The highest BCUT2D eigenvalue weighted by Crippen LogP contribution is 2.31. The lowest BCUT2D eigenvalue weighted by Gasteiger charge is -2.15. The Morgan fingerprint density at radius 3 is 2.71 bits per heavy atom. The van der Waals surface area contributed by atoms with E-state index < -0.39 is 4.92 Å². The van der Waals surface area contributed by atoms with E-state index >= 15 is 0 Å². The van der Waals surface area contributed by atoms with Gasteiger partial charge in [0, 0.05) is 19.5 Å². The summed E-state index contributed by atoms with van der Waals surface area (Å²) in [6.07, 6.45) is 1.27. The van der Waals surface area contributed by atoms with Gasteiger partial charge in [0.2, 0.25) is 0 Å². The lowest BCUT2D eigenvalue weighted by atomic mass is 10.2. The summed E-state index contributed by atoms with van der Waals surface area (Å²) in [4.78, 5) is 14.6. The molecule has 0 spiro atoms. The molecule has 0 unspecified atom stereocenters. The number of nitro groups is 1. The van der Waals surface area contributed by atoms with Gasteiger partial charge in [-0.15, -0.1) is 0 Å². The maximum absolute atomic E-state index is 11.0. The number of aromatic nitrogens is 1. The fourth-order valence-electron chi connectivity index (χ4n) is 1.61. The number of nitrogens with zero attached hydrogens (tertiary/aromatic N) is 3. The van der Waals surface area contributed by atoms with Crippen molar-refractivity contribution in [2.75, 3.05) is 19.5 Å². The maximum Gasteiger partial charge on any atom is 0.312 e. The number of anilines is 1. The fourth-order valence-corrected chi connectivity index (χ4v) is 1.61. The van der Waals surface area contributed by atoms with Gasteiger partial charge in [-0.3, -0.25) is 10.1 Å². The Morgan fingerprint density at radius 1 is 1.35 bits per heavy atom. The molecular weight excluding hydrogens is 220 g/mol. The van der Waals surface area contributed by atoms with Crippen LogP contribution < -0.4 is 5.43 Å². The molecule has 0 atom stereocenters. The van der Waals surface area contributed by atoms with E-state index in [2.05, 4.69) is 10.4 Å². The summed E-state index contributed by atoms with van der Waals surface area (Å²) in [6, 6.07) is 7.30. The SMILES string of the molecule is CN(C)Nc1c([N+](=O)[O-])cnc2ccccc12. The minimum atomic E-state index is -0.439. The third-order valence-corrected chi connectivity index (χ3v) is 2.29. The second-order valence-electron chi connectivity index (χ2n) is 3.80. The first kappa shape index (κ1) is 11.3. The van der Waals surface area contributed by atoms with Crippen LogP contribution in [0.25, 0.3) is 10.9 Å². The Hall–Kier alpha value is -2.21. The van der Waals surface area contributed by atoms with E-state index in [-0.39, 0.29) is 5.69 Å². The Morgan fingerprint density at radius 2 is 2.06 bits per heavy atom. The van der Waals surface area contributed by atoms with E-state index in [0.717, 1.165) is 10.9 Å². The molecule has 88 valence electrons. The lowest BCUT2D eigenvalue weighted by molar-refractivity contribution is -0.384. The van der Waals surface area contributed by atoms with E-state index in [1.165, 1.54) is 6.20 Å². The monoisotopic (exact) mass is 232 g/mol. The predicted octanol–water partition coefficient (Wildman–Crippen LogP) is 2.03. The summed E-state index contributed by atoms with van der Waals surface area (Å²) in [6.45, 7) is 0. The molecule has 6 nitrogen and oxygen atoms in total. The summed E-state index contributed by atoms with van der Waals surface area (Å²) >= 11 is 0. The summed E-state index contributed by atoms with van der Waals surface area (Å²) in [7, 11) is 3.55. The average Bonchev–Trinajstić information content (AvgIpc) is 2.28. The minimum Gasteiger partial charge on any atom is -0.313 e. The molecule has 0 fully saturated rings. The van der Waals surface area contributed by atoms with Gasteiger partial charge in [0.25, 0.3) is 0 Å². The molecule has 0 bridgehead atoms. The van der Waals surface area contributed by atoms with Crippen LogP contribution in [0.1, 0.15) is 0 Å². The van der Waals surface area contributed by atoms with Gasteiger partial charge in [-0.1, -0.05) is 18.2 Å². The van der Waals surface area contributed by atoms with Gasteiger partial charge in [-0.25, -0.2) is 9.99 Å². The Bertz CT molecular complexity index is 568. The van der Waals surface area contributed by atoms with Gasteiger partial charge < -0.3 is 5.43 Å². The van der Waals surface area contributed by atoms with Crippen molar-refractivity contribution in [3.05, 3.63) is 40.6 Å². The second kappa shape index (κ2) is 4.34. The van der Waals surface area contributed by atoms with Gasteiger partial charge in [-0.05, 0) is 6.07 Å². The Labute approximate surface area is 98.0 Å². The molecule has 0 saturated carbocycles. The third-order valence-electron chi connectivity index (χ3n) is 2.29. The standard InChI is InChI=1S/C11H12N4O2/c1-14(2)13-11-8-5-3-4-6-9(8)12-7-10(11)15(16)17/h3-7H,1-2H3,(H,12,13). The Balaban J connectivity index is 2.70. The molecule has 1 N–H and O–H groups in total. The van der Waals surface area contributed by atoms with Crippen molar-refractivity contribution in [2.24, 2.45) is 0 Å². The highest BCUT2D eigenvalue weighted by Gasteiger charge is 2.17. The molecular formula is C11H12N4O2. The number of pyridine rings is 1. The van der Waals surface area contributed by atoms with Crippen LogP contribution in [0.15, 0.2) is 30.5 Å². The highest BCUT2D eigenvalue weighted by molar-refractivity contribution is 5.95. The quantitative estimate of drug-likeness (QED) is 0.647. The zero-order valence-corrected chi connectivity index (χ0v) is 9.54. The molecule has 0 aliphatic heterocycles. The number of rotatable bonds is 3. The molecule has 2 rings (SSSR count). The summed E-state index contributed by atoms with van der Waals surface area (Å²) in [5, 5.41) is 13.3. The molecule has 0 aliphatic rings. The van der Waals surface area contributed by atoms with Crippen molar-refractivity contribution in [1.29, 1.82) is 0 Å². The van der Waals surface area contributed by atoms with Crippen molar-refractivity contribution in [2.45, 2.75) is 0 Å². The van der Waals surface area contributed by atoms with E-state index in [1.807, 2.05) is 18.2 Å². The molecule has 0 amide bonds. The normalized spacial score (nSPS) is 10.8. The van der Waals surface area contributed by atoms with Crippen molar-refractivity contribution in [3.8, 4) is 0 Å². The summed E-state index contributed by atoms with van der Waals surface area (Å²) < 4.78 is 0. The molecule has 17 heavy (non-hydrogen) atoms. The number of para-hydroxylation sites is 1. The highest BCUT2D eigenvalue weighted by atomic mass is 16.6. The van der Waals surface area contributed by atoms with Crippen LogP contribution in [-0.4, -0.2) is 29.0 Å². The largest absolute Gasteiger partial charge is 0.313 e. The number of nitrogens with one attached hydrogen (secondary N) is 1. The van der Waals surface area contributed by atoms with E-state index in [9.17, 15) is 10.1 Å². The molecule has 1 aromatic heterocycles.